The first-order chi connectivity index (χ1) is 9.65. The molecule has 2 aliphatic rings. The highest BCUT2D eigenvalue weighted by molar-refractivity contribution is 7.10. The van der Waals surface area contributed by atoms with Crippen molar-refractivity contribution in [1.29, 1.82) is 0 Å². The second-order valence-electron chi connectivity index (χ2n) is 6.25. The van der Waals surface area contributed by atoms with Crippen molar-refractivity contribution in [3.63, 3.8) is 0 Å². The van der Waals surface area contributed by atoms with Crippen LogP contribution >= 0.6 is 11.3 Å². The summed E-state index contributed by atoms with van der Waals surface area (Å²) in [6, 6.07) is 4.64. The summed E-state index contributed by atoms with van der Waals surface area (Å²) in [7, 11) is 0. The van der Waals surface area contributed by atoms with E-state index in [2.05, 4.69) is 41.6 Å². The lowest BCUT2D eigenvalue weighted by molar-refractivity contribution is -0.135. The highest BCUT2D eigenvalue weighted by Gasteiger charge is 2.49. The zero-order chi connectivity index (χ0) is 14.2. The molecule has 0 aromatic carbocycles. The predicted octanol–water partition coefficient (Wildman–Crippen LogP) is 3.68. The van der Waals surface area contributed by atoms with Gasteiger partial charge in [0.15, 0.2) is 0 Å². The maximum absolute atomic E-state index is 12.9. The Labute approximate surface area is 125 Å². The smallest absolute Gasteiger partial charge is 0.244 e. The fraction of sp³-hybridized carbons (Fsp3) is 0.688. The maximum atomic E-state index is 12.9. The van der Waals surface area contributed by atoms with Gasteiger partial charge in [-0.3, -0.25) is 10.1 Å². The third-order valence-electron chi connectivity index (χ3n) is 4.93. The number of hydrogen-bond acceptors (Lipinski definition) is 3. The van der Waals surface area contributed by atoms with E-state index in [9.17, 15) is 4.79 Å². The van der Waals surface area contributed by atoms with Gasteiger partial charge in [-0.05, 0) is 37.6 Å². The Kier molecular flexibility index (Phi) is 3.87. The molecular weight excluding hydrogens is 268 g/mol. The molecule has 0 bridgehead atoms. The molecule has 1 N–H and O–H groups in total. The molecule has 4 heteroatoms. The molecule has 1 aliphatic heterocycles. The van der Waals surface area contributed by atoms with Gasteiger partial charge < -0.3 is 4.90 Å². The normalized spacial score (nSPS) is 32.0. The van der Waals surface area contributed by atoms with Crippen molar-refractivity contribution < 1.29 is 4.79 Å². The van der Waals surface area contributed by atoms with E-state index in [1.165, 1.54) is 24.1 Å². The Hall–Kier alpha value is -0.870. The lowest BCUT2D eigenvalue weighted by Crippen LogP contribution is -2.45. The number of carbonyl (C=O) groups is 1. The molecule has 1 saturated carbocycles. The Bertz CT molecular complexity index is 467. The average molecular weight is 292 g/mol. The molecule has 2 heterocycles. The van der Waals surface area contributed by atoms with Gasteiger partial charge in [0, 0.05) is 10.9 Å². The summed E-state index contributed by atoms with van der Waals surface area (Å²) in [4.78, 5) is 16.4. The molecule has 110 valence electrons. The standard InChI is InChI=1S/C16H24N2OS/c1-3-16(2)15(19)18(12-8-5-4-6-9-12)14(17-16)13-10-7-11-20-13/h7,10-12,14,17H,3-6,8-9H2,1-2H3. The lowest BCUT2D eigenvalue weighted by atomic mass is 9.92. The fourth-order valence-corrected chi connectivity index (χ4v) is 4.25. The SMILES string of the molecule is CCC1(C)NC(c2cccs2)N(C2CCCCC2)C1=O. The van der Waals surface area contributed by atoms with Crippen LogP contribution in [-0.2, 0) is 4.79 Å². The van der Waals surface area contributed by atoms with Crippen LogP contribution in [0.15, 0.2) is 17.5 Å². The van der Waals surface area contributed by atoms with Crippen molar-refractivity contribution in [3.05, 3.63) is 22.4 Å². The summed E-state index contributed by atoms with van der Waals surface area (Å²) < 4.78 is 0. The van der Waals surface area contributed by atoms with Gasteiger partial charge in [0.05, 0.1) is 5.54 Å². The first-order valence-corrected chi connectivity index (χ1v) is 8.67. The van der Waals surface area contributed by atoms with Crippen LogP contribution in [0.5, 0.6) is 0 Å². The average Bonchev–Trinajstić information content (AvgIpc) is 3.08. The van der Waals surface area contributed by atoms with Gasteiger partial charge in [0.1, 0.15) is 6.17 Å². The largest absolute Gasteiger partial charge is 0.317 e. The summed E-state index contributed by atoms with van der Waals surface area (Å²) in [5, 5.41) is 5.70. The second-order valence-corrected chi connectivity index (χ2v) is 7.23. The summed E-state index contributed by atoms with van der Waals surface area (Å²) >= 11 is 1.74. The number of carbonyl (C=O) groups excluding carboxylic acids is 1. The molecule has 2 unspecified atom stereocenters. The molecule has 1 aliphatic carbocycles. The number of nitrogens with one attached hydrogen (secondary N) is 1. The number of thiophene rings is 1. The van der Waals surface area contributed by atoms with Gasteiger partial charge in [-0.1, -0.05) is 32.3 Å². The van der Waals surface area contributed by atoms with Crippen LogP contribution in [0.2, 0.25) is 0 Å². The van der Waals surface area contributed by atoms with Crippen molar-refractivity contribution in [3.8, 4) is 0 Å². The van der Waals surface area contributed by atoms with Crippen LogP contribution in [0.4, 0.5) is 0 Å². The molecule has 0 spiro atoms. The van der Waals surface area contributed by atoms with Gasteiger partial charge >= 0.3 is 0 Å². The highest BCUT2D eigenvalue weighted by Crippen LogP contribution is 2.39. The number of amides is 1. The number of hydrogen-bond donors (Lipinski definition) is 1. The van der Waals surface area contributed by atoms with Crippen LogP contribution in [0.3, 0.4) is 0 Å². The van der Waals surface area contributed by atoms with Crippen LogP contribution < -0.4 is 5.32 Å². The van der Waals surface area contributed by atoms with E-state index in [1.54, 1.807) is 11.3 Å². The summed E-state index contributed by atoms with van der Waals surface area (Å²) in [6.45, 7) is 4.15. The molecule has 1 aromatic rings. The maximum Gasteiger partial charge on any atom is 0.244 e. The van der Waals surface area contributed by atoms with E-state index in [-0.39, 0.29) is 6.17 Å². The van der Waals surface area contributed by atoms with Crippen LogP contribution in [0, 0.1) is 0 Å². The van der Waals surface area contributed by atoms with Crippen LogP contribution in [0.25, 0.3) is 0 Å². The Morgan fingerprint density at radius 3 is 2.75 bits per heavy atom. The van der Waals surface area contributed by atoms with E-state index in [0.29, 0.717) is 11.9 Å². The minimum atomic E-state index is -0.397. The Morgan fingerprint density at radius 2 is 2.15 bits per heavy atom. The lowest BCUT2D eigenvalue weighted by Gasteiger charge is -2.35. The number of nitrogens with zero attached hydrogens (tertiary/aromatic N) is 1. The van der Waals surface area contributed by atoms with Crippen LogP contribution in [0.1, 0.15) is 63.4 Å². The van der Waals surface area contributed by atoms with E-state index >= 15 is 0 Å². The fourth-order valence-electron chi connectivity index (χ4n) is 3.48. The zero-order valence-electron chi connectivity index (χ0n) is 12.4. The molecule has 1 aromatic heterocycles. The third-order valence-corrected chi connectivity index (χ3v) is 5.85. The molecule has 2 atom stereocenters. The van der Waals surface area contributed by atoms with Gasteiger partial charge in [-0.25, -0.2) is 0 Å². The Morgan fingerprint density at radius 1 is 1.40 bits per heavy atom. The molecule has 0 radical (unpaired) electrons. The topological polar surface area (TPSA) is 32.3 Å². The van der Waals surface area contributed by atoms with Crippen molar-refractivity contribution in [2.75, 3.05) is 0 Å². The zero-order valence-corrected chi connectivity index (χ0v) is 13.2. The van der Waals surface area contributed by atoms with Crippen LogP contribution in [-0.4, -0.2) is 22.4 Å². The van der Waals surface area contributed by atoms with E-state index in [1.807, 2.05) is 0 Å². The predicted molar refractivity (Wildman–Crippen MR) is 82.6 cm³/mol. The van der Waals surface area contributed by atoms with Crippen molar-refractivity contribution in [2.45, 2.75) is 70.1 Å². The summed E-state index contributed by atoms with van der Waals surface area (Å²) in [5.41, 5.74) is -0.397. The first kappa shape index (κ1) is 14.1. The second kappa shape index (κ2) is 5.49. The third kappa shape index (κ3) is 2.29. The summed E-state index contributed by atoms with van der Waals surface area (Å²) in [6.07, 6.45) is 7.08. The monoisotopic (exact) mass is 292 g/mol. The van der Waals surface area contributed by atoms with Crippen molar-refractivity contribution in [2.24, 2.45) is 0 Å². The molecule has 2 fully saturated rings. The molecule has 3 nitrogen and oxygen atoms in total. The molecular formula is C16H24N2OS. The Balaban J connectivity index is 1.91. The molecule has 1 amide bonds. The van der Waals surface area contributed by atoms with E-state index in [0.717, 1.165) is 19.3 Å². The minimum Gasteiger partial charge on any atom is -0.317 e. The van der Waals surface area contributed by atoms with Crippen molar-refractivity contribution in [1.82, 2.24) is 10.2 Å². The van der Waals surface area contributed by atoms with Gasteiger partial charge in [-0.15, -0.1) is 11.3 Å². The van der Waals surface area contributed by atoms with Gasteiger partial charge in [0.2, 0.25) is 5.91 Å². The van der Waals surface area contributed by atoms with E-state index in [4.69, 9.17) is 0 Å². The van der Waals surface area contributed by atoms with Gasteiger partial charge in [-0.2, -0.15) is 0 Å². The van der Waals surface area contributed by atoms with Crippen molar-refractivity contribution >= 4 is 17.2 Å². The van der Waals surface area contributed by atoms with Gasteiger partial charge in [0.25, 0.3) is 0 Å². The quantitative estimate of drug-likeness (QED) is 0.921. The summed E-state index contributed by atoms with van der Waals surface area (Å²) in [5.74, 6) is 0.297. The molecule has 1 saturated heterocycles. The first-order valence-electron chi connectivity index (χ1n) is 7.79. The molecule has 3 rings (SSSR count). The number of rotatable bonds is 3. The van der Waals surface area contributed by atoms with E-state index < -0.39 is 5.54 Å². The minimum absolute atomic E-state index is 0.0792. The molecule has 20 heavy (non-hydrogen) atoms. The highest BCUT2D eigenvalue weighted by atomic mass is 32.1.